The number of nitrogens with zero attached hydrogens (tertiary/aromatic N) is 1. The van der Waals surface area contributed by atoms with Crippen LogP contribution < -0.4 is 5.32 Å². The van der Waals surface area contributed by atoms with Crippen molar-refractivity contribution in [3.8, 4) is 5.69 Å². The highest BCUT2D eigenvalue weighted by Crippen LogP contribution is 2.21. The van der Waals surface area contributed by atoms with Crippen molar-refractivity contribution in [3.05, 3.63) is 53.1 Å². The minimum absolute atomic E-state index is 0.207. The summed E-state index contributed by atoms with van der Waals surface area (Å²) in [6, 6.07) is 8.80. The molecule has 0 fully saturated rings. The minimum atomic E-state index is -0.207. The third-order valence-corrected chi connectivity index (χ3v) is 3.64. The zero-order valence-electron chi connectivity index (χ0n) is 12.9. The van der Waals surface area contributed by atoms with Crippen molar-refractivity contribution >= 4 is 0 Å². The van der Waals surface area contributed by atoms with E-state index in [4.69, 9.17) is 4.74 Å². The average molecular weight is 290 g/mol. The van der Waals surface area contributed by atoms with Crippen LogP contribution in [0.4, 0.5) is 4.39 Å². The monoisotopic (exact) mass is 290 g/mol. The van der Waals surface area contributed by atoms with Gasteiger partial charge >= 0.3 is 0 Å². The van der Waals surface area contributed by atoms with Gasteiger partial charge in [0.1, 0.15) is 5.82 Å². The molecule has 0 amide bonds. The fourth-order valence-corrected chi connectivity index (χ4v) is 2.56. The molecule has 21 heavy (non-hydrogen) atoms. The van der Waals surface area contributed by atoms with Crippen molar-refractivity contribution in [1.82, 2.24) is 9.88 Å². The highest BCUT2D eigenvalue weighted by atomic mass is 19.1. The molecular weight excluding hydrogens is 267 g/mol. The summed E-state index contributed by atoms with van der Waals surface area (Å²) < 4.78 is 20.2. The van der Waals surface area contributed by atoms with Gasteiger partial charge in [-0.25, -0.2) is 4.39 Å². The summed E-state index contributed by atoms with van der Waals surface area (Å²) in [6.07, 6.45) is 1.01. The van der Waals surface area contributed by atoms with E-state index in [1.807, 2.05) is 12.1 Å². The van der Waals surface area contributed by atoms with Crippen molar-refractivity contribution in [1.29, 1.82) is 0 Å². The molecule has 0 radical (unpaired) electrons. The number of benzene rings is 1. The van der Waals surface area contributed by atoms with Gasteiger partial charge in [-0.3, -0.25) is 0 Å². The summed E-state index contributed by atoms with van der Waals surface area (Å²) in [5, 5.41) is 3.43. The molecule has 0 saturated carbocycles. The first-order valence-corrected chi connectivity index (χ1v) is 7.27. The second kappa shape index (κ2) is 7.38. The minimum Gasteiger partial charge on any atom is -0.385 e. The molecule has 0 aliphatic heterocycles. The molecule has 0 aliphatic carbocycles. The Kier molecular flexibility index (Phi) is 5.53. The molecule has 4 heteroatoms. The lowest BCUT2D eigenvalue weighted by Crippen LogP contribution is -2.16. The average Bonchev–Trinajstić information content (AvgIpc) is 2.75. The van der Waals surface area contributed by atoms with Crippen LogP contribution in [-0.4, -0.2) is 24.8 Å². The number of halogens is 1. The number of rotatable bonds is 7. The summed E-state index contributed by atoms with van der Waals surface area (Å²) in [6.45, 7) is 6.73. The summed E-state index contributed by atoms with van der Waals surface area (Å²) in [5.74, 6) is -0.207. The standard InChI is InChI=1S/C17H23FN2O/c1-13-11-15(12-19-9-4-10-21-3)14(2)20(13)17-7-5-16(18)6-8-17/h5-8,11,19H,4,9-10,12H2,1-3H3. The molecule has 1 N–H and O–H groups in total. The van der Waals surface area contributed by atoms with Crippen molar-refractivity contribution in [2.24, 2.45) is 0 Å². The van der Waals surface area contributed by atoms with Crippen LogP contribution in [0.2, 0.25) is 0 Å². The van der Waals surface area contributed by atoms with Gasteiger partial charge in [0.2, 0.25) is 0 Å². The van der Waals surface area contributed by atoms with Crippen LogP contribution in [0, 0.1) is 19.7 Å². The van der Waals surface area contributed by atoms with Crippen molar-refractivity contribution in [3.63, 3.8) is 0 Å². The highest BCUT2D eigenvalue weighted by Gasteiger charge is 2.10. The van der Waals surface area contributed by atoms with Crippen LogP contribution in [0.25, 0.3) is 5.69 Å². The predicted molar refractivity (Wildman–Crippen MR) is 83.4 cm³/mol. The molecule has 0 spiro atoms. The summed E-state index contributed by atoms with van der Waals surface area (Å²) in [7, 11) is 1.72. The Morgan fingerprint density at radius 3 is 2.57 bits per heavy atom. The largest absolute Gasteiger partial charge is 0.385 e. The van der Waals surface area contributed by atoms with E-state index < -0.39 is 0 Å². The van der Waals surface area contributed by atoms with Gasteiger partial charge in [-0.1, -0.05) is 0 Å². The molecule has 0 aliphatic rings. The highest BCUT2D eigenvalue weighted by molar-refractivity contribution is 5.41. The Labute approximate surface area is 125 Å². The van der Waals surface area contributed by atoms with Gasteiger partial charge in [0.05, 0.1) is 0 Å². The molecule has 2 rings (SSSR count). The number of nitrogens with one attached hydrogen (secondary N) is 1. The summed E-state index contributed by atoms with van der Waals surface area (Å²) in [4.78, 5) is 0. The number of hydrogen-bond donors (Lipinski definition) is 1. The Balaban J connectivity index is 2.08. The summed E-state index contributed by atoms with van der Waals surface area (Å²) >= 11 is 0. The Hall–Kier alpha value is -1.65. The number of aryl methyl sites for hydroxylation is 1. The quantitative estimate of drug-likeness (QED) is 0.791. The molecule has 0 saturated heterocycles. The Morgan fingerprint density at radius 1 is 1.19 bits per heavy atom. The maximum Gasteiger partial charge on any atom is 0.123 e. The maximum absolute atomic E-state index is 13.0. The molecular formula is C17H23FN2O. The number of aromatic nitrogens is 1. The van der Waals surface area contributed by atoms with Gasteiger partial charge in [0.15, 0.2) is 0 Å². The topological polar surface area (TPSA) is 26.2 Å². The van der Waals surface area contributed by atoms with E-state index in [-0.39, 0.29) is 5.82 Å². The van der Waals surface area contributed by atoms with Crippen LogP contribution >= 0.6 is 0 Å². The third-order valence-electron chi connectivity index (χ3n) is 3.64. The van der Waals surface area contributed by atoms with Gasteiger partial charge in [0.25, 0.3) is 0 Å². The molecule has 1 heterocycles. The SMILES string of the molecule is COCCCNCc1cc(C)n(-c2ccc(F)cc2)c1C. The predicted octanol–water partition coefficient (Wildman–Crippen LogP) is 3.36. The first-order chi connectivity index (χ1) is 10.1. The van der Waals surface area contributed by atoms with E-state index >= 15 is 0 Å². The van der Waals surface area contributed by atoms with Gasteiger partial charge in [-0.2, -0.15) is 0 Å². The second-order valence-corrected chi connectivity index (χ2v) is 5.23. The van der Waals surface area contributed by atoms with Crippen LogP contribution in [0.1, 0.15) is 23.4 Å². The lowest BCUT2D eigenvalue weighted by atomic mass is 10.2. The zero-order chi connectivity index (χ0) is 15.2. The van der Waals surface area contributed by atoms with Gasteiger partial charge in [0, 0.05) is 37.3 Å². The molecule has 114 valence electrons. The first-order valence-electron chi connectivity index (χ1n) is 7.27. The maximum atomic E-state index is 13.0. The summed E-state index contributed by atoms with van der Waals surface area (Å²) in [5.41, 5.74) is 4.62. The van der Waals surface area contributed by atoms with E-state index in [9.17, 15) is 4.39 Å². The van der Waals surface area contributed by atoms with Gasteiger partial charge < -0.3 is 14.6 Å². The van der Waals surface area contributed by atoms with Crippen molar-refractivity contribution in [2.45, 2.75) is 26.8 Å². The normalized spacial score (nSPS) is 11.0. The number of methoxy groups -OCH3 is 1. The van der Waals surface area contributed by atoms with Crippen LogP contribution in [0.15, 0.2) is 30.3 Å². The van der Waals surface area contributed by atoms with Gasteiger partial charge in [-0.15, -0.1) is 0 Å². The van der Waals surface area contributed by atoms with Gasteiger partial charge in [-0.05, 0) is 62.7 Å². The van der Waals surface area contributed by atoms with E-state index in [2.05, 4.69) is 29.8 Å². The number of hydrogen-bond acceptors (Lipinski definition) is 2. The van der Waals surface area contributed by atoms with Crippen LogP contribution in [0.5, 0.6) is 0 Å². The fraction of sp³-hybridized carbons (Fsp3) is 0.412. The van der Waals surface area contributed by atoms with E-state index in [1.165, 1.54) is 23.4 Å². The van der Waals surface area contributed by atoms with Crippen molar-refractivity contribution < 1.29 is 9.13 Å². The zero-order valence-corrected chi connectivity index (χ0v) is 12.9. The Bertz CT molecular complexity index is 575. The van der Waals surface area contributed by atoms with E-state index in [0.717, 1.165) is 37.5 Å². The first kappa shape index (κ1) is 15.7. The second-order valence-electron chi connectivity index (χ2n) is 5.23. The van der Waals surface area contributed by atoms with E-state index in [0.29, 0.717) is 0 Å². The molecule has 1 aromatic heterocycles. The number of ether oxygens (including phenoxy) is 1. The molecule has 0 bridgehead atoms. The van der Waals surface area contributed by atoms with E-state index in [1.54, 1.807) is 7.11 Å². The van der Waals surface area contributed by atoms with Crippen LogP contribution in [-0.2, 0) is 11.3 Å². The van der Waals surface area contributed by atoms with Crippen molar-refractivity contribution in [2.75, 3.05) is 20.3 Å². The lowest BCUT2D eigenvalue weighted by molar-refractivity contribution is 0.194. The molecule has 3 nitrogen and oxygen atoms in total. The fourth-order valence-electron chi connectivity index (χ4n) is 2.56. The van der Waals surface area contributed by atoms with Crippen LogP contribution in [0.3, 0.4) is 0 Å². The third kappa shape index (κ3) is 3.93. The smallest absolute Gasteiger partial charge is 0.123 e. The molecule has 1 aromatic carbocycles. The Morgan fingerprint density at radius 2 is 1.90 bits per heavy atom. The molecule has 0 atom stereocenters. The molecule has 0 unspecified atom stereocenters. The lowest BCUT2D eigenvalue weighted by Gasteiger charge is -2.10. The molecule has 2 aromatic rings.